The maximum atomic E-state index is 12.7. The van der Waals surface area contributed by atoms with Crippen molar-refractivity contribution < 1.29 is 13.2 Å². The Morgan fingerprint density at radius 3 is 2.83 bits per heavy atom. The molecule has 0 radical (unpaired) electrons. The molecule has 4 rings (SSSR count). The molecule has 3 heterocycles. The van der Waals surface area contributed by atoms with Crippen molar-refractivity contribution in [3.8, 4) is 0 Å². The van der Waals surface area contributed by atoms with Gasteiger partial charge in [0.2, 0.25) is 0 Å². The molecule has 1 aromatic rings. The Hall–Kier alpha value is -2.15. The minimum absolute atomic E-state index is 0.00927. The summed E-state index contributed by atoms with van der Waals surface area (Å²) in [5.41, 5.74) is 3.59. The van der Waals surface area contributed by atoms with Gasteiger partial charge in [0.25, 0.3) is 5.91 Å². The zero-order valence-corrected chi connectivity index (χ0v) is 14.3. The Kier molecular flexibility index (Phi) is 3.49. The van der Waals surface area contributed by atoms with Crippen LogP contribution in [0.3, 0.4) is 0 Å². The van der Waals surface area contributed by atoms with E-state index in [0.717, 1.165) is 18.7 Å². The van der Waals surface area contributed by atoms with E-state index in [1.807, 2.05) is 24.4 Å². The first-order valence-corrected chi connectivity index (χ1v) is 9.93. The van der Waals surface area contributed by atoms with E-state index >= 15 is 0 Å². The number of para-hydroxylation sites is 1. The van der Waals surface area contributed by atoms with Crippen molar-refractivity contribution >= 4 is 27.1 Å². The summed E-state index contributed by atoms with van der Waals surface area (Å²) in [7, 11) is -3.05. The van der Waals surface area contributed by atoms with Gasteiger partial charge in [0.1, 0.15) is 0 Å². The number of fused-ring (bicyclic) bond motifs is 1. The molecular weight excluding hydrogens is 326 g/mol. The fourth-order valence-corrected chi connectivity index (χ4v) is 5.25. The monoisotopic (exact) mass is 345 g/mol. The van der Waals surface area contributed by atoms with Crippen molar-refractivity contribution in [1.29, 1.82) is 0 Å². The van der Waals surface area contributed by atoms with Gasteiger partial charge in [-0.3, -0.25) is 4.79 Å². The van der Waals surface area contributed by atoms with Gasteiger partial charge in [-0.05, 0) is 31.4 Å². The highest BCUT2D eigenvalue weighted by molar-refractivity contribution is 7.91. The molecule has 1 fully saturated rings. The maximum Gasteiger partial charge on any atom is 0.277 e. The molecule has 24 heavy (non-hydrogen) atoms. The number of carbonyl (C=O) groups excluding carboxylic acids is 1. The summed E-state index contributed by atoms with van der Waals surface area (Å²) in [6, 6.07) is 7.82. The van der Waals surface area contributed by atoms with Gasteiger partial charge in [-0.1, -0.05) is 18.2 Å². The van der Waals surface area contributed by atoms with E-state index in [9.17, 15) is 13.2 Å². The summed E-state index contributed by atoms with van der Waals surface area (Å²) in [5, 5.41) is 5.71. The third kappa shape index (κ3) is 2.53. The summed E-state index contributed by atoms with van der Waals surface area (Å²) >= 11 is 0. The largest absolute Gasteiger partial charge is 0.347 e. The average Bonchev–Trinajstić information content (AvgIpc) is 3.19. The molecule has 0 bridgehead atoms. The maximum absolute atomic E-state index is 12.7. The van der Waals surface area contributed by atoms with E-state index in [1.54, 1.807) is 6.92 Å². The van der Waals surface area contributed by atoms with Crippen molar-refractivity contribution in [2.24, 2.45) is 5.10 Å². The topological polar surface area (TPSA) is 70.0 Å². The van der Waals surface area contributed by atoms with Gasteiger partial charge in [-0.15, -0.1) is 0 Å². The number of carbonyl (C=O) groups is 1. The highest BCUT2D eigenvalue weighted by Gasteiger charge is 2.39. The molecule has 0 aromatic heterocycles. The molecule has 7 heteroatoms. The summed E-state index contributed by atoms with van der Waals surface area (Å²) in [6.07, 6.45) is 3.27. The molecule has 0 spiro atoms. The quantitative estimate of drug-likeness (QED) is 0.759. The lowest BCUT2D eigenvalue weighted by atomic mass is 10.1. The fraction of sp³-hybridized carbons (Fsp3) is 0.412. The lowest BCUT2D eigenvalue weighted by molar-refractivity contribution is -0.127. The minimum atomic E-state index is -3.05. The zero-order chi connectivity index (χ0) is 16.9. The van der Waals surface area contributed by atoms with Crippen molar-refractivity contribution in [3.05, 3.63) is 41.6 Å². The molecule has 1 atom stereocenters. The normalized spacial score (nSPS) is 27.0. The van der Waals surface area contributed by atoms with Crippen LogP contribution in [-0.4, -0.2) is 49.1 Å². The van der Waals surface area contributed by atoms with Crippen molar-refractivity contribution in [2.75, 3.05) is 23.0 Å². The Balaban J connectivity index is 1.60. The minimum Gasteiger partial charge on any atom is -0.347 e. The van der Waals surface area contributed by atoms with Crippen LogP contribution in [0.15, 0.2) is 41.1 Å². The number of sulfone groups is 1. The highest BCUT2D eigenvalue weighted by atomic mass is 32.2. The number of rotatable bonds is 2. The van der Waals surface area contributed by atoms with Gasteiger partial charge in [0.15, 0.2) is 9.84 Å². The number of anilines is 1. The summed E-state index contributed by atoms with van der Waals surface area (Å²) in [6.45, 7) is 2.64. The van der Waals surface area contributed by atoms with E-state index in [-0.39, 0.29) is 23.5 Å². The molecule has 126 valence electrons. The first-order valence-electron chi connectivity index (χ1n) is 8.10. The van der Waals surface area contributed by atoms with Gasteiger partial charge >= 0.3 is 0 Å². The number of benzene rings is 1. The standard InChI is InChI=1S/C17H19N3O3S/c1-12-15(10-19-8-6-13-4-2-3-5-16(13)19)17(21)20(18-12)14-7-9-24(22,23)11-14/h2-5,10,14H,6-9,11H2,1H3/b15-10-/t14-/m1/s1. The SMILES string of the molecule is CC1=NN([C@@H]2CCS(=O)(=O)C2)C(=O)/C1=C\N1CCc2ccccc21. The number of hydrazone groups is 1. The highest BCUT2D eigenvalue weighted by Crippen LogP contribution is 2.30. The molecule has 3 aliphatic heterocycles. The van der Waals surface area contributed by atoms with Crippen molar-refractivity contribution in [3.63, 3.8) is 0 Å². The first-order chi connectivity index (χ1) is 11.4. The van der Waals surface area contributed by atoms with Crippen LogP contribution in [-0.2, 0) is 21.1 Å². The van der Waals surface area contributed by atoms with Gasteiger partial charge in [0.05, 0.1) is 28.8 Å². The summed E-state index contributed by atoms with van der Waals surface area (Å²) < 4.78 is 23.3. The Bertz CT molecular complexity index is 873. The van der Waals surface area contributed by atoms with Crippen LogP contribution in [0.2, 0.25) is 0 Å². The second-order valence-corrected chi connectivity index (χ2v) is 8.74. The third-order valence-corrected chi connectivity index (χ3v) is 6.60. The van der Waals surface area contributed by atoms with Crippen LogP contribution in [0.1, 0.15) is 18.9 Å². The molecule has 0 N–H and O–H groups in total. The van der Waals surface area contributed by atoms with Crippen LogP contribution in [0, 0.1) is 0 Å². The average molecular weight is 345 g/mol. The second kappa shape index (κ2) is 5.44. The van der Waals surface area contributed by atoms with E-state index in [4.69, 9.17) is 0 Å². The van der Waals surface area contributed by atoms with Crippen molar-refractivity contribution in [1.82, 2.24) is 5.01 Å². The summed E-state index contributed by atoms with van der Waals surface area (Å²) in [4.78, 5) is 14.8. The van der Waals surface area contributed by atoms with Gasteiger partial charge in [-0.25, -0.2) is 13.4 Å². The first kappa shape index (κ1) is 15.4. The van der Waals surface area contributed by atoms with Crippen LogP contribution in [0.4, 0.5) is 5.69 Å². The van der Waals surface area contributed by atoms with E-state index in [2.05, 4.69) is 16.1 Å². The van der Waals surface area contributed by atoms with Gasteiger partial charge in [-0.2, -0.15) is 5.10 Å². The number of nitrogens with zero attached hydrogens (tertiary/aromatic N) is 3. The molecule has 1 amide bonds. The molecule has 1 saturated heterocycles. The Labute approximate surface area is 141 Å². The second-order valence-electron chi connectivity index (χ2n) is 6.51. The molecule has 0 saturated carbocycles. The summed E-state index contributed by atoms with van der Waals surface area (Å²) in [5.74, 6) is -0.0526. The Morgan fingerprint density at radius 1 is 1.29 bits per heavy atom. The van der Waals surface area contributed by atoms with Gasteiger partial charge < -0.3 is 4.90 Å². The van der Waals surface area contributed by atoms with Crippen LogP contribution in [0.25, 0.3) is 0 Å². The van der Waals surface area contributed by atoms with Crippen molar-refractivity contribution in [2.45, 2.75) is 25.8 Å². The zero-order valence-electron chi connectivity index (χ0n) is 13.5. The molecule has 1 aromatic carbocycles. The van der Waals surface area contributed by atoms with E-state index < -0.39 is 9.84 Å². The van der Waals surface area contributed by atoms with E-state index in [0.29, 0.717) is 17.7 Å². The predicted octanol–water partition coefficient (Wildman–Crippen LogP) is 1.34. The third-order valence-electron chi connectivity index (χ3n) is 4.85. The lowest BCUT2D eigenvalue weighted by Crippen LogP contribution is -2.34. The van der Waals surface area contributed by atoms with Crippen LogP contribution < -0.4 is 4.90 Å². The van der Waals surface area contributed by atoms with Crippen LogP contribution in [0.5, 0.6) is 0 Å². The molecular formula is C17H19N3O3S. The number of hydrogen-bond donors (Lipinski definition) is 0. The number of amides is 1. The number of hydrogen-bond acceptors (Lipinski definition) is 5. The molecule has 3 aliphatic rings. The fourth-order valence-electron chi connectivity index (χ4n) is 3.56. The smallest absolute Gasteiger partial charge is 0.277 e. The van der Waals surface area contributed by atoms with Gasteiger partial charge in [0, 0.05) is 18.4 Å². The van der Waals surface area contributed by atoms with Crippen LogP contribution >= 0.6 is 0 Å². The Morgan fingerprint density at radius 2 is 2.08 bits per heavy atom. The molecule has 0 aliphatic carbocycles. The molecule has 6 nitrogen and oxygen atoms in total. The lowest BCUT2D eigenvalue weighted by Gasteiger charge is -2.19. The van der Waals surface area contributed by atoms with E-state index in [1.165, 1.54) is 10.6 Å². The predicted molar refractivity (Wildman–Crippen MR) is 92.6 cm³/mol. The molecule has 0 unspecified atom stereocenters.